The van der Waals surface area contributed by atoms with E-state index in [9.17, 15) is 0 Å². The Hall–Kier alpha value is -2.32. The van der Waals surface area contributed by atoms with E-state index in [-0.39, 0.29) is 0 Å². The fraction of sp³-hybridized carbons (Fsp3) is 0.100. The Morgan fingerprint density at radius 2 is 1.55 bits per heavy atom. The Kier molecular flexibility index (Phi) is 3.86. The van der Waals surface area contributed by atoms with Crippen molar-refractivity contribution in [2.24, 2.45) is 0 Å². The highest BCUT2D eigenvalue weighted by Crippen LogP contribution is 2.20. The fourth-order valence-corrected chi connectivity index (χ4v) is 4.98. The molecule has 0 fully saturated rings. The molecule has 0 amide bonds. The van der Waals surface area contributed by atoms with Gasteiger partial charge in [0.15, 0.2) is 0 Å². The van der Waals surface area contributed by atoms with Gasteiger partial charge in [0.1, 0.15) is 5.75 Å². The lowest BCUT2D eigenvalue weighted by molar-refractivity contribution is 0.565. The van der Waals surface area contributed by atoms with Crippen molar-refractivity contribution in [1.82, 2.24) is 0 Å². The molecule has 110 valence electrons. The van der Waals surface area contributed by atoms with E-state index in [4.69, 9.17) is 4.43 Å². The second kappa shape index (κ2) is 5.82. The van der Waals surface area contributed by atoms with Gasteiger partial charge in [-0.25, -0.2) is 0 Å². The van der Waals surface area contributed by atoms with E-state index < -0.39 is 8.32 Å². The first-order chi connectivity index (χ1) is 10.6. The lowest BCUT2D eigenvalue weighted by atomic mass is 10.1. The molecule has 0 atom stereocenters. The zero-order chi connectivity index (χ0) is 15.6. The summed E-state index contributed by atoms with van der Waals surface area (Å²) in [6.07, 6.45) is 1.84. The molecule has 0 unspecified atom stereocenters. The first-order valence-corrected chi connectivity index (χ1v) is 10.4. The van der Waals surface area contributed by atoms with Crippen molar-refractivity contribution in [2.75, 3.05) is 0 Å². The normalized spacial score (nSPS) is 11.4. The number of benzene rings is 3. The van der Waals surface area contributed by atoms with Crippen LogP contribution in [-0.2, 0) is 0 Å². The number of fused-ring (bicyclic) bond motifs is 1. The lowest BCUT2D eigenvalue weighted by Crippen LogP contribution is -2.48. The highest BCUT2D eigenvalue weighted by molar-refractivity contribution is 6.86. The summed E-state index contributed by atoms with van der Waals surface area (Å²) in [5, 5.41) is 3.90. The van der Waals surface area contributed by atoms with Crippen LogP contribution in [-0.4, -0.2) is 8.32 Å². The van der Waals surface area contributed by atoms with E-state index in [2.05, 4.69) is 62.1 Å². The van der Waals surface area contributed by atoms with Gasteiger partial charge in [-0.3, -0.25) is 0 Å². The predicted molar refractivity (Wildman–Crippen MR) is 98.2 cm³/mol. The molecule has 0 N–H and O–H groups in total. The van der Waals surface area contributed by atoms with E-state index in [1.807, 2.05) is 30.3 Å². The summed E-state index contributed by atoms with van der Waals surface area (Å²) in [6, 6.07) is 23.1. The molecule has 0 heterocycles. The lowest BCUT2D eigenvalue weighted by Gasteiger charge is -2.26. The zero-order valence-electron chi connectivity index (χ0n) is 13.0. The van der Waals surface area contributed by atoms with E-state index >= 15 is 0 Å². The molecule has 0 bridgehead atoms. The highest BCUT2D eigenvalue weighted by Gasteiger charge is 2.29. The molecule has 0 aromatic heterocycles. The molecule has 0 radical (unpaired) electrons. The van der Waals surface area contributed by atoms with Gasteiger partial charge in [-0.1, -0.05) is 67.3 Å². The molecule has 0 aliphatic heterocycles. The van der Waals surface area contributed by atoms with Gasteiger partial charge in [-0.05, 0) is 46.7 Å². The molecule has 0 saturated heterocycles. The molecule has 0 aliphatic rings. The minimum Gasteiger partial charge on any atom is -0.540 e. The smallest absolute Gasteiger partial charge is 0.277 e. The Morgan fingerprint density at radius 1 is 0.864 bits per heavy atom. The maximum absolute atomic E-state index is 6.40. The van der Waals surface area contributed by atoms with E-state index in [0.29, 0.717) is 0 Å². The molecule has 22 heavy (non-hydrogen) atoms. The molecular weight excluding hydrogens is 284 g/mol. The van der Waals surface area contributed by atoms with Crippen molar-refractivity contribution >= 4 is 30.4 Å². The second-order valence-electron chi connectivity index (χ2n) is 5.91. The maximum Gasteiger partial charge on any atom is 0.277 e. The van der Waals surface area contributed by atoms with Crippen LogP contribution in [0.15, 0.2) is 73.3 Å². The van der Waals surface area contributed by atoms with Crippen LogP contribution in [0.3, 0.4) is 0 Å². The minimum absolute atomic E-state index is 0.926. The number of rotatable bonds is 4. The van der Waals surface area contributed by atoms with Crippen LogP contribution < -0.4 is 9.61 Å². The number of hydrogen-bond donors (Lipinski definition) is 0. The SMILES string of the molecule is C=Cc1ccc(O[Si](C)(C)c2cccc3ccccc23)cc1. The van der Waals surface area contributed by atoms with Crippen molar-refractivity contribution < 1.29 is 4.43 Å². The summed E-state index contributed by atoms with van der Waals surface area (Å²) in [5.74, 6) is 0.926. The van der Waals surface area contributed by atoms with Gasteiger partial charge in [0.2, 0.25) is 0 Å². The molecule has 0 spiro atoms. The van der Waals surface area contributed by atoms with Gasteiger partial charge < -0.3 is 4.43 Å². The average Bonchev–Trinajstić information content (AvgIpc) is 2.54. The highest BCUT2D eigenvalue weighted by atomic mass is 28.4. The Balaban J connectivity index is 1.98. The van der Waals surface area contributed by atoms with Gasteiger partial charge in [-0.15, -0.1) is 0 Å². The van der Waals surface area contributed by atoms with Gasteiger partial charge in [0.25, 0.3) is 8.32 Å². The first-order valence-electron chi connectivity index (χ1n) is 7.50. The van der Waals surface area contributed by atoms with Crippen LogP contribution in [0.1, 0.15) is 5.56 Å². The quantitative estimate of drug-likeness (QED) is 0.618. The molecule has 0 saturated carbocycles. The third-order valence-electron chi connectivity index (χ3n) is 3.93. The molecule has 3 rings (SSSR count). The van der Waals surface area contributed by atoms with E-state index in [1.165, 1.54) is 16.0 Å². The third kappa shape index (κ3) is 2.83. The largest absolute Gasteiger partial charge is 0.540 e. The number of hydrogen-bond acceptors (Lipinski definition) is 1. The van der Waals surface area contributed by atoms with Crippen molar-refractivity contribution in [1.29, 1.82) is 0 Å². The Labute approximate surface area is 133 Å². The monoisotopic (exact) mass is 304 g/mol. The molecule has 3 aromatic rings. The summed E-state index contributed by atoms with van der Waals surface area (Å²) in [5.41, 5.74) is 1.11. The molecule has 2 heteroatoms. The van der Waals surface area contributed by atoms with Gasteiger partial charge in [0.05, 0.1) is 0 Å². The van der Waals surface area contributed by atoms with Gasteiger partial charge in [-0.2, -0.15) is 0 Å². The van der Waals surface area contributed by atoms with Crippen molar-refractivity contribution in [2.45, 2.75) is 13.1 Å². The second-order valence-corrected chi connectivity index (χ2v) is 9.68. The van der Waals surface area contributed by atoms with E-state index in [1.54, 1.807) is 0 Å². The minimum atomic E-state index is -2.04. The molecule has 0 aliphatic carbocycles. The maximum atomic E-state index is 6.40. The van der Waals surface area contributed by atoms with Crippen LogP contribution in [0, 0.1) is 0 Å². The summed E-state index contributed by atoms with van der Waals surface area (Å²) >= 11 is 0. The predicted octanol–water partition coefficient (Wildman–Crippen LogP) is 4.97. The Bertz CT molecular complexity index is 798. The van der Waals surface area contributed by atoms with E-state index in [0.717, 1.165) is 11.3 Å². The first kappa shape index (κ1) is 14.6. The van der Waals surface area contributed by atoms with Gasteiger partial charge in [0, 0.05) is 0 Å². The summed E-state index contributed by atoms with van der Waals surface area (Å²) in [7, 11) is -2.04. The van der Waals surface area contributed by atoms with Gasteiger partial charge >= 0.3 is 0 Å². The Morgan fingerprint density at radius 3 is 2.27 bits per heavy atom. The third-order valence-corrected chi connectivity index (χ3v) is 6.41. The van der Waals surface area contributed by atoms with Crippen molar-refractivity contribution in [3.05, 3.63) is 78.9 Å². The molecular formula is C20H20OSi. The molecule has 3 aromatic carbocycles. The van der Waals surface area contributed by atoms with Crippen LogP contribution >= 0.6 is 0 Å². The fourth-order valence-electron chi connectivity index (χ4n) is 2.77. The summed E-state index contributed by atoms with van der Waals surface area (Å²) in [4.78, 5) is 0. The standard InChI is InChI=1S/C20H20OSi/c1-4-16-12-14-18(15-13-16)21-22(2,3)20-11-7-9-17-8-5-6-10-19(17)20/h4-15H,1H2,2-3H3. The van der Waals surface area contributed by atoms with Crippen molar-refractivity contribution in [3.8, 4) is 5.75 Å². The average molecular weight is 304 g/mol. The summed E-state index contributed by atoms with van der Waals surface area (Å²) < 4.78 is 6.40. The van der Waals surface area contributed by atoms with Crippen LogP contribution in [0.2, 0.25) is 13.1 Å². The van der Waals surface area contributed by atoms with Crippen LogP contribution in [0.5, 0.6) is 5.75 Å². The van der Waals surface area contributed by atoms with Crippen LogP contribution in [0.25, 0.3) is 16.8 Å². The van der Waals surface area contributed by atoms with Crippen molar-refractivity contribution in [3.63, 3.8) is 0 Å². The zero-order valence-corrected chi connectivity index (χ0v) is 14.0. The van der Waals surface area contributed by atoms with Crippen LogP contribution in [0.4, 0.5) is 0 Å². The topological polar surface area (TPSA) is 9.23 Å². The molecule has 1 nitrogen and oxygen atoms in total. The summed E-state index contributed by atoms with van der Waals surface area (Å²) in [6.45, 7) is 8.28.